The van der Waals surface area contributed by atoms with Crippen LogP contribution in [0.5, 0.6) is 0 Å². The van der Waals surface area contributed by atoms with Gasteiger partial charge in [0.15, 0.2) is 0 Å². The molecule has 0 fully saturated rings. The molecule has 1 heterocycles. The van der Waals surface area contributed by atoms with E-state index in [9.17, 15) is 13.2 Å². The minimum absolute atomic E-state index is 0.0556. The van der Waals surface area contributed by atoms with E-state index >= 15 is 0 Å². The largest absolute Gasteiger partial charge is 0.451 e. The smallest absolute Gasteiger partial charge is 0.385 e. The third-order valence-corrected chi connectivity index (χ3v) is 2.69. The third kappa shape index (κ3) is 6.16. The maximum absolute atomic E-state index is 12.8. The van der Waals surface area contributed by atoms with Crippen LogP contribution in [-0.2, 0) is 10.9 Å². The Bertz CT molecular complexity index is 440. The van der Waals surface area contributed by atoms with Crippen LogP contribution in [0.15, 0.2) is 6.07 Å². The van der Waals surface area contributed by atoms with Crippen molar-refractivity contribution in [3.8, 4) is 0 Å². The Labute approximate surface area is 122 Å². The highest BCUT2D eigenvalue weighted by Crippen LogP contribution is 2.28. The fourth-order valence-electron chi connectivity index (χ4n) is 1.61. The summed E-state index contributed by atoms with van der Waals surface area (Å²) in [5, 5.41) is 5.78. The lowest BCUT2D eigenvalue weighted by atomic mass is 10.2. The number of nitrogens with zero attached hydrogens (tertiary/aromatic N) is 2. The first-order valence-electron chi connectivity index (χ1n) is 6.82. The summed E-state index contributed by atoms with van der Waals surface area (Å²) in [6.45, 7) is 4.84. The lowest BCUT2D eigenvalue weighted by Crippen LogP contribution is -2.21. The Morgan fingerprint density at radius 1 is 1.29 bits per heavy atom. The van der Waals surface area contributed by atoms with Crippen LogP contribution < -0.4 is 10.6 Å². The van der Waals surface area contributed by atoms with Gasteiger partial charge in [-0.1, -0.05) is 6.92 Å². The Morgan fingerprint density at radius 2 is 1.95 bits per heavy atom. The van der Waals surface area contributed by atoms with Gasteiger partial charge in [-0.3, -0.25) is 0 Å². The van der Waals surface area contributed by atoms with Gasteiger partial charge >= 0.3 is 6.18 Å². The zero-order valence-corrected chi connectivity index (χ0v) is 12.4. The quantitative estimate of drug-likeness (QED) is 0.772. The molecular weight excluding hydrogens is 285 g/mol. The Morgan fingerprint density at radius 3 is 2.52 bits per heavy atom. The van der Waals surface area contributed by atoms with E-state index in [1.54, 1.807) is 7.11 Å². The lowest BCUT2D eigenvalue weighted by Gasteiger charge is -2.16. The van der Waals surface area contributed by atoms with Gasteiger partial charge in [-0.2, -0.15) is 13.2 Å². The molecule has 0 spiro atoms. The van der Waals surface area contributed by atoms with Gasteiger partial charge < -0.3 is 15.4 Å². The van der Waals surface area contributed by atoms with Gasteiger partial charge in [0.2, 0.25) is 5.82 Å². The monoisotopic (exact) mass is 306 g/mol. The number of anilines is 2. The van der Waals surface area contributed by atoms with Gasteiger partial charge in [0, 0.05) is 32.4 Å². The number of methoxy groups -OCH3 is 1. The molecule has 0 radical (unpaired) electrons. The molecule has 1 atom stereocenters. The topological polar surface area (TPSA) is 59.1 Å². The first-order chi connectivity index (χ1) is 9.86. The Kier molecular flexibility index (Phi) is 6.67. The molecule has 5 nitrogen and oxygen atoms in total. The van der Waals surface area contributed by atoms with Crippen LogP contribution >= 0.6 is 0 Å². The first-order valence-corrected chi connectivity index (χ1v) is 6.82. The van der Waals surface area contributed by atoms with E-state index in [0.717, 1.165) is 6.42 Å². The van der Waals surface area contributed by atoms with Crippen molar-refractivity contribution in [3.05, 3.63) is 11.9 Å². The zero-order valence-electron chi connectivity index (χ0n) is 12.4. The molecule has 120 valence electrons. The van der Waals surface area contributed by atoms with E-state index < -0.39 is 12.0 Å². The van der Waals surface area contributed by atoms with E-state index in [2.05, 4.69) is 20.6 Å². The SMILES string of the molecule is CCCNc1cc(NC(C)CCOC)nc(C(F)(F)F)n1. The number of hydrogen-bond donors (Lipinski definition) is 2. The van der Waals surface area contributed by atoms with Crippen molar-refractivity contribution in [3.63, 3.8) is 0 Å². The number of ether oxygens (including phenoxy) is 1. The summed E-state index contributed by atoms with van der Waals surface area (Å²) in [7, 11) is 1.58. The van der Waals surface area contributed by atoms with Crippen LogP contribution in [0.3, 0.4) is 0 Å². The van der Waals surface area contributed by atoms with Gasteiger partial charge in [0.1, 0.15) is 11.6 Å². The molecule has 1 unspecified atom stereocenters. The van der Waals surface area contributed by atoms with Crippen molar-refractivity contribution in [1.29, 1.82) is 0 Å². The fourth-order valence-corrected chi connectivity index (χ4v) is 1.61. The highest BCUT2D eigenvalue weighted by atomic mass is 19.4. The summed E-state index contributed by atoms with van der Waals surface area (Å²) < 4.78 is 43.4. The molecule has 1 aromatic rings. The van der Waals surface area contributed by atoms with Gasteiger partial charge in [-0.05, 0) is 19.8 Å². The predicted molar refractivity (Wildman–Crippen MR) is 75.4 cm³/mol. The molecule has 1 rings (SSSR count). The standard InChI is InChI=1S/C13H21F3N4O/c1-4-6-17-10-8-11(18-9(2)5-7-21-3)20-12(19-10)13(14,15)16/h8-9H,4-7H2,1-3H3,(H2,17,18,19,20). The number of alkyl halides is 3. The maximum atomic E-state index is 12.8. The summed E-state index contributed by atoms with van der Waals surface area (Å²) in [5.74, 6) is -0.829. The van der Waals surface area contributed by atoms with Gasteiger partial charge in [-0.15, -0.1) is 0 Å². The van der Waals surface area contributed by atoms with Crippen molar-refractivity contribution < 1.29 is 17.9 Å². The predicted octanol–water partition coefficient (Wildman–Crippen LogP) is 3.15. The van der Waals surface area contributed by atoms with E-state index in [-0.39, 0.29) is 17.7 Å². The van der Waals surface area contributed by atoms with Gasteiger partial charge in [-0.25, -0.2) is 9.97 Å². The second-order valence-corrected chi connectivity index (χ2v) is 4.71. The van der Waals surface area contributed by atoms with Crippen molar-refractivity contribution in [2.45, 2.75) is 38.9 Å². The van der Waals surface area contributed by atoms with Crippen LogP contribution in [0, 0.1) is 0 Å². The summed E-state index contributed by atoms with van der Waals surface area (Å²) >= 11 is 0. The number of aromatic nitrogens is 2. The van der Waals surface area contributed by atoms with E-state index in [4.69, 9.17) is 4.74 Å². The molecule has 21 heavy (non-hydrogen) atoms. The summed E-state index contributed by atoms with van der Waals surface area (Å²) in [4.78, 5) is 7.03. The van der Waals surface area contributed by atoms with Crippen LogP contribution in [0.4, 0.5) is 24.8 Å². The molecule has 1 aromatic heterocycles. The van der Waals surface area contributed by atoms with Crippen molar-refractivity contribution >= 4 is 11.6 Å². The minimum Gasteiger partial charge on any atom is -0.385 e. The van der Waals surface area contributed by atoms with Crippen LogP contribution in [0.2, 0.25) is 0 Å². The summed E-state index contributed by atoms with van der Waals surface area (Å²) in [6, 6.07) is 1.42. The third-order valence-electron chi connectivity index (χ3n) is 2.69. The highest BCUT2D eigenvalue weighted by Gasteiger charge is 2.35. The molecule has 0 saturated heterocycles. The second kappa shape index (κ2) is 8.02. The molecule has 2 N–H and O–H groups in total. The second-order valence-electron chi connectivity index (χ2n) is 4.71. The molecule has 0 aliphatic rings. The molecular formula is C13H21F3N4O. The zero-order chi connectivity index (χ0) is 15.9. The van der Waals surface area contributed by atoms with Crippen molar-refractivity contribution in [2.24, 2.45) is 0 Å². The lowest BCUT2D eigenvalue weighted by molar-refractivity contribution is -0.144. The maximum Gasteiger partial charge on any atom is 0.451 e. The first kappa shape index (κ1) is 17.5. The number of hydrogen-bond acceptors (Lipinski definition) is 5. The van der Waals surface area contributed by atoms with Crippen LogP contribution in [-0.4, -0.2) is 36.3 Å². The fraction of sp³-hybridized carbons (Fsp3) is 0.692. The molecule has 8 heteroatoms. The Hall–Kier alpha value is -1.57. The Balaban J connectivity index is 2.90. The van der Waals surface area contributed by atoms with E-state index in [1.807, 2.05) is 13.8 Å². The van der Waals surface area contributed by atoms with Crippen molar-refractivity contribution in [1.82, 2.24) is 9.97 Å². The highest BCUT2D eigenvalue weighted by molar-refractivity contribution is 5.48. The molecule has 0 aliphatic carbocycles. The average Bonchev–Trinajstić information content (AvgIpc) is 2.41. The van der Waals surface area contributed by atoms with Gasteiger partial charge in [0.25, 0.3) is 0 Å². The number of halogens is 3. The van der Waals surface area contributed by atoms with Crippen LogP contribution in [0.1, 0.15) is 32.5 Å². The van der Waals surface area contributed by atoms with Gasteiger partial charge in [0.05, 0.1) is 0 Å². The molecule has 0 bridgehead atoms. The minimum atomic E-state index is -4.57. The number of rotatable bonds is 8. The molecule has 0 amide bonds. The molecule has 0 aromatic carbocycles. The van der Waals surface area contributed by atoms with Crippen molar-refractivity contribution in [2.75, 3.05) is 30.9 Å². The van der Waals surface area contributed by atoms with E-state index in [1.165, 1.54) is 6.07 Å². The summed E-state index contributed by atoms with van der Waals surface area (Å²) in [6.07, 6.45) is -3.12. The number of nitrogens with one attached hydrogen (secondary N) is 2. The average molecular weight is 306 g/mol. The summed E-state index contributed by atoms with van der Waals surface area (Å²) in [5.41, 5.74) is 0. The normalized spacial score (nSPS) is 13.0. The van der Waals surface area contributed by atoms with Crippen LogP contribution in [0.25, 0.3) is 0 Å². The molecule has 0 saturated carbocycles. The molecule has 0 aliphatic heterocycles. The van der Waals surface area contributed by atoms with E-state index in [0.29, 0.717) is 19.6 Å².